The molecule has 1 aromatic carbocycles. The van der Waals surface area contributed by atoms with Crippen LogP contribution in [0.4, 0.5) is 0 Å². The second-order valence-corrected chi connectivity index (χ2v) is 3.06. The number of carbonyl (C=O) groups is 1. The monoisotopic (exact) mass is 178 g/mol. The molecule has 0 aliphatic carbocycles. The van der Waals surface area contributed by atoms with Gasteiger partial charge in [-0.2, -0.15) is 0 Å². The molecule has 0 aliphatic heterocycles. The zero-order chi connectivity index (χ0) is 10.0. The van der Waals surface area contributed by atoms with Crippen molar-refractivity contribution in [3.05, 3.63) is 28.8 Å². The summed E-state index contributed by atoms with van der Waals surface area (Å²) in [7, 11) is -1.47. The summed E-state index contributed by atoms with van der Waals surface area (Å²) in [5.41, 5.74) is 2.56. The maximum Gasteiger partial charge on any atom is 0.488 e. The number of hydrogen-bond donors (Lipinski definition) is 2. The zero-order valence-corrected chi connectivity index (χ0v) is 7.61. The molecule has 0 unspecified atom stereocenters. The number of aryl methyl sites for hydroxylation is 2. The molecule has 0 saturated heterocycles. The van der Waals surface area contributed by atoms with Crippen molar-refractivity contribution >= 4 is 18.9 Å². The van der Waals surface area contributed by atoms with Crippen molar-refractivity contribution in [3.8, 4) is 0 Å². The Labute approximate surface area is 77.2 Å². The lowest BCUT2D eigenvalue weighted by Crippen LogP contribution is -2.30. The second kappa shape index (κ2) is 3.72. The van der Waals surface area contributed by atoms with Gasteiger partial charge in [0, 0.05) is 5.56 Å². The third-order valence-corrected chi connectivity index (χ3v) is 2.03. The van der Waals surface area contributed by atoms with Crippen molar-refractivity contribution in [2.45, 2.75) is 13.8 Å². The Balaban J connectivity index is 3.28. The van der Waals surface area contributed by atoms with Gasteiger partial charge >= 0.3 is 7.12 Å². The smallest absolute Gasteiger partial charge is 0.423 e. The van der Waals surface area contributed by atoms with Gasteiger partial charge in [-0.1, -0.05) is 12.1 Å². The first kappa shape index (κ1) is 9.96. The van der Waals surface area contributed by atoms with Crippen molar-refractivity contribution in [3.63, 3.8) is 0 Å². The van der Waals surface area contributed by atoms with Crippen LogP contribution in [-0.4, -0.2) is 23.5 Å². The summed E-state index contributed by atoms with van der Waals surface area (Å²) in [5.74, 6) is 0. The molecule has 68 valence electrons. The van der Waals surface area contributed by atoms with Gasteiger partial charge in [0.05, 0.1) is 0 Å². The van der Waals surface area contributed by atoms with E-state index in [-0.39, 0.29) is 0 Å². The van der Waals surface area contributed by atoms with Gasteiger partial charge in [-0.25, -0.2) is 0 Å². The van der Waals surface area contributed by atoms with E-state index < -0.39 is 7.12 Å². The highest BCUT2D eigenvalue weighted by molar-refractivity contribution is 6.58. The molecule has 3 nitrogen and oxygen atoms in total. The van der Waals surface area contributed by atoms with Gasteiger partial charge in [0.1, 0.15) is 0 Å². The van der Waals surface area contributed by atoms with Crippen LogP contribution in [0, 0.1) is 13.8 Å². The standard InChI is InChI=1S/C9H11BO3/c1-6-3-8(10(12)13)4-7(2)9(6)5-11/h3-5,12-13H,1-2H3. The Morgan fingerprint density at radius 2 is 1.69 bits per heavy atom. The van der Waals surface area contributed by atoms with Gasteiger partial charge in [-0.3, -0.25) is 4.79 Å². The molecule has 4 heteroatoms. The van der Waals surface area contributed by atoms with E-state index in [1.54, 1.807) is 26.0 Å². The average Bonchev–Trinajstić information content (AvgIpc) is 2.03. The van der Waals surface area contributed by atoms with E-state index in [4.69, 9.17) is 10.0 Å². The number of carbonyl (C=O) groups excluding carboxylic acids is 1. The Bertz CT molecular complexity index is 311. The van der Waals surface area contributed by atoms with Crippen LogP contribution in [0.3, 0.4) is 0 Å². The van der Waals surface area contributed by atoms with E-state index >= 15 is 0 Å². The van der Waals surface area contributed by atoms with Gasteiger partial charge in [-0.15, -0.1) is 0 Å². The van der Waals surface area contributed by atoms with Crippen LogP contribution < -0.4 is 5.46 Å². The summed E-state index contributed by atoms with van der Waals surface area (Å²) in [4.78, 5) is 10.6. The van der Waals surface area contributed by atoms with Gasteiger partial charge < -0.3 is 10.0 Å². The maximum absolute atomic E-state index is 10.6. The van der Waals surface area contributed by atoms with E-state index in [0.29, 0.717) is 11.0 Å². The van der Waals surface area contributed by atoms with Crippen LogP contribution in [0.2, 0.25) is 0 Å². The van der Waals surface area contributed by atoms with Gasteiger partial charge in [0.25, 0.3) is 0 Å². The molecular weight excluding hydrogens is 167 g/mol. The van der Waals surface area contributed by atoms with E-state index in [0.717, 1.165) is 17.4 Å². The number of aldehydes is 1. The lowest BCUT2D eigenvalue weighted by molar-refractivity contribution is 0.112. The lowest BCUT2D eigenvalue weighted by atomic mass is 9.78. The molecule has 0 bridgehead atoms. The molecule has 2 N–H and O–H groups in total. The summed E-state index contributed by atoms with van der Waals surface area (Å²) >= 11 is 0. The Kier molecular flexibility index (Phi) is 2.85. The minimum atomic E-state index is -1.47. The largest absolute Gasteiger partial charge is 0.488 e. The molecule has 0 spiro atoms. The van der Waals surface area contributed by atoms with E-state index in [2.05, 4.69) is 0 Å². The predicted octanol–water partition coefficient (Wildman–Crippen LogP) is -0.204. The SMILES string of the molecule is Cc1cc(B(O)O)cc(C)c1C=O. The summed E-state index contributed by atoms with van der Waals surface area (Å²) in [5, 5.41) is 17.8. The lowest BCUT2D eigenvalue weighted by Gasteiger charge is -2.06. The molecular formula is C9H11BO3. The van der Waals surface area contributed by atoms with Crippen molar-refractivity contribution < 1.29 is 14.8 Å². The topological polar surface area (TPSA) is 57.5 Å². The minimum absolute atomic E-state index is 0.417. The third-order valence-electron chi connectivity index (χ3n) is 2.03. The maximum atomic E-state index is 10.6. The van der Waals surface area contributed by atoms with Crippen LogP contribution in [0.5, 0.6) is 0 Å². The highest BCUT2D eigenvalue weighted by atomic mass is 16.4. The molecule has 0 atom stereocenters. The molecule has 0 heterocycles. The van der Waals surface area contributed by atoms with Gasteiger partial charge in [0.2, 0.25) is 0 Å². The predicted molar refractivity (Wildman–Crippen MR) is 51.1 cm³/mol. The molecule has 0 aromatic heterocycles. The number of hydrogen-bond acceptors (Lipinski definition) is 3. The fraction of sp³-hybridized carbons (Fsp3) is 0.222. The molecule has 0 fully saturated rings. The average molecular weight is 178 g/mol. The second-order valence-electron chi connectivity index (χ2n) is 3.06. The Morgan fingerprint density at radius 1 is 1.23 bits per heavy atom. The molecule has 1 rings (SSSR count). The quantitative estimate of drug-likeness (QED) is 0.486. The fourth-order valence-electron chi connectivity index (χ4n) is 1.34. The molecule has 0 saturated carbocycles. The summed E-state index contributed by atoms with van der Waals surface area (Å²) in [6.07, 6.45) is 0.776. The van der Waals surface area contributed by atoms with Crippen LogP contribution in [0.15, 0.2) is 12.1 Å². The van der Waals surface area contributed by atoms with Crippen LogP contribution >= 0.6 is 0 Å². The highest BCUT2D eigenvalue weighted by Gasteiger charge is 2.13. The van der Waals surface area contributed by atoms with E-state index in [1.165, 1.54) is 0 Å². The van der Waals surface area contributed by atoms with Crippen LogP contribution in [0.25, 0.3) is 0 Å². The first-order chi connectivity index (χ1) is 6.06. The highest BCUT2D eigenvalue weighted by Crippen LogP contribution is 2.08. The molecule has 13 heavy (non-hydrogen) atoms. The summed E-state index contributed by atoms with van der Waals surface area (Å²) < 4.78 is 0. The Hall–Kier alpha value is -1.13. The number of rotatable bonds is 2. The van der Waals surface area contributed by atoms with Crippen LogP contribution in [-0.2, 0) is 0 Å². The van der Waals surface area contributed by atoms with E-state index in [1.807, 2.05) is 0 Å². The fourth-order valence-corrected chi connectivity index (χ4v) is 1.34. The first-order valence-electron chi connectivity index (χ1n) is 3.98. The van der Waals surface area contributed by atoms with Crippen molar-refractivity contribution in [1.29, 1.82) is 0 Å². The molecule has 0 aliphatic rings. The third kappa shape index (κ3) is 1.97. The van der Waals surface area contributed by atoms with Crippen molar-refractivity contribution in [2.24, 2.45) is 0 Å². The molecule has 1 aromatic rings. The number of benzene rings is 1. The minimum Gasteiger partial charge on any atom is -0.423 e. The molecule has 0 radical (unpaired) electrons. The van der Waals surface area contributed by atoms with E-state index in [9.17, 15) is 4.79 Å². The van der Waals surface area contributed by atoms with Gasteiger partial charge in [0.15, 0.2) is 6.29 Å². The zero-order valence-electron chi connectivity index (χ0n) is 7.61. The van der Waals surface area contributed by atoms with Gasteiger partial charge in [-0.05, 0) is 30.4 Å². The normalized spacial score (nSPS) is 9.85. The molecule has 0 amide bonds. The van der Waals surface area contributed by atoms with Crippen LogP contribution in [0.1, 0.15) is 21.5 Å². The summed E-state index contributed by atoms with van der Waals surface area (Å²) in [6.45, 7) is 3.53. The Morgan fingerprint density at radius 3 is 2.00 bits per heavy atom. The van der Waals surface area contributed by atoms with Crippen molar-refractivity contribution in [1.82, 2.24) is 0 Å². The first-order valence-corrected chi connectivity index (χ1v) is 3.98. The summed E-state index contributed by atoms with van der Waals surface area (Å²) in [6, 6.07) is 3.20. The van der Waals surface area contributed by atoms with Crippen molar-refractivity contribution in [2.75, 3.05) is 0 Å².